The zero-order chi connectivity index (χ0) is 14.8. The second-order valence-electron chi connectivity index (χ2n) is 5.02. The van der Waals surface area contributed by atoms with E-state index in [1.54, 1.807) is 24.1 Å². The molecule has 3 rings (SSSR count). The molecule has 2 amide bonds. The average molecular weight is 308 g/mol. The summed E-state index contributed by atoms with van der Waals surface area (Å²) in [5.74, 6) is 0.522. The van der Waals surface area contributed by atoms with Crippen molar-refractivity contribution >= 4 is 22.5 Å². The Bertz CT molecular complexity index is 635. The Morgan fingerprint density at radius 2 is 2.38 bits per heavy atom. The first-order valence-electron chi connectivity index (χ1n) is 6.66. The minimum absolute atomic E-state index is 0.103. The molecule has 0 bridgehead atoms. The number of aromatic nitrogens is 4. The van der Waals surface area contributed by atoms with Crippen molar-refractivity contribution in [3.8, 4) is 0 Å². The molecule has 8 nitrogen and oxygen atoms in total. The maximum absolute atomic E-state index is 11.7. The van der Waals surface area contributed by atoms with Crippen LogP contribution in [0.5, 0.6) is 0 Å². The number of hydrogen-bond donors (Lipinski definition) is 3. The van der Waals surface area contributed by atoms with Crippen LogP contribution < -0.4 is 10.6 Å². The molecule has 1 aliphatic carbocycles. The molecule has 0 spiro atoms. The van der Waals surface area contributed by atoms with Crippen molar-refractivity contribution in [2.24, 2.45) is 7.05 Å². The third kappa shape index (κ3) is 3.56. The summed E-state index contributed by atoms with van der Waals surface area (Å²) in [7, 11) is 1.77. The van der Waals surface area contributed by atoms with E-state index in [1.165, 1.54) is 11.3 Å². The summed E-state index contributed by atoms with van der Waals surface area (Å²) < 4.78 is 1.60. The smallest absolute Gasteiger partial charge is 0.321 e. The lowest BCUT2D eigenvalue weighted by atomic mass is 10.2. The van der Waals surface area contributed by atoms with Gasteiger partial charge in [0.2, 0.25) is 5.13 Å². The molecule has 21 heavy (non-hydrogen) atoms. The van der Waals surface area contributed by atoms with Gasteiger partial charge in [-0.3, -0.25) is 10.00 Å². The molecule has 1 atom stereocenters. The van der Waals surface area contributed by atoms with E-state index >= 15 is 0 Å². The number of aliphatic hydroxyl groups excluding tert-OH is 1. The van der Waals surface area contributed by atoms with E-state index in [-0.39, 0.29) is 6.54 Å². The fourth-order valence-electron chi connectivity index (χ4n) is 1.84. The van der Waals surface area contributed by atoms with Gasteiger partial charge in [-0.25, -0.2) is 4.79 Å². The van der Waals surface area contributed by atoms with Crippen molar-refractivity contribution in [2.75, 3.05) is 11.9 Å². The zero-order valence-electron chi connectivity index (χ0n) is 11.5. The second kappa shape index (κ2) is 5.78. The van der Waals surface area contributed by atoms with E-state index < -0.39 is 12.1 Å². The Morgan fingerprint density at radius 3 is 3.05 bits per heavy atom. The summed E-state index contributed by atoms with van der Waals surface area (Å²) in [6, 6.07) is -0.406. The van der Waals surface area contributed by atoms with Crippen LogP contribution in [-0.2, 0) is 7.05 Å². The Morgan fingerprint density at radius 1 is 1.57 bits per heavy atom. The maximum Gasteiger partial charge on any atom is 0.321 e. The number of urea groups is 1. The molecule has 2 heterocycles. The van der Waals surface area contributed by atoms with Crippen LogP contribution in [0.4, 0.5) is 9.93 Å². The van der Waals surface area contributed by atoms with Gasteiger partial charge in [0.1, 0.15) is 5.01 Å². The molecule has 2 aromatic heterocycles. The van der Waals surface area contributed by atoms with E-state index in [0.29, 0.717) is 16.6 Å². The third-order valence-electron chi connectivity index (χ3n) is 3.15. The lowest BCUT2D eigenvalue weighted by molar-refractivity contribution is 0.175. The van der Waals surface area contributed by atoms with Crippen LogP contribution in [-0.4, -0.2) is 37.7 Å². The third-order valence-corrected chi connectivity index (χ3v) is 4.15. The molecule has 3 N–H and O–H groups in total. The second-order valence-corrected chi connectivity index (χ2v) is 6.03. The minimum Gasteiger partial charge on any atom is -0.386 e. The Labute approximate surface area is 125 Å². The zero-order valence-corrected chi connectivity index (χ0v) is 12.3. The topological polar surface area (TPSA) is 105 Å². The van der Waals surface area contributed by atoms with Gasteiger partial charge in [0.25, 0.3) is 0 Å². The summed E-state index contributed by atoms with van der Waals surface area (Å²) >= 11 is 1.40. The van der Waals surface area contributed by atoms with Gasteiger partial charge >= 0.3 is 6.03 Å². The Balaban J connectivity index is 1.47. The van der Waals surface area contributed by atoms with Crippen molar-refractivity contribution in [3.63, 3.8) is 0 Å². The predicted octanol–water partition coefficient (Wildman–Crippen LogP) is 1.00. The highest BCUT2D eigenvalue weighted by Gasteiger charge is 2.27. The molecule has 1 saturated carbocycles. The van der Waals surface area contributed by atoms with E-state index in [9.17, 15) is 9.90 Å². The fourth-order valence-corrected chi connectivity index (χ4v) is 2.75. The molecule has 2 aromatic rings. The van der Waals surface area contributed by atoms with Gasteiger partial charge in [0, 0.05) is 31.3 Å². The monoisotopic (exact) mass is 308 g/mol. The largest absolute Gasteiger partial charge is 0.386 e. The van der Waals surface area contributed by atoms with Crippen LogP contribution in [0, 0.1) is 0 Å². The highest BCUT2D eigenvalue weighted by Crippen LogP contribution is 2.41. The molecule has 0 saturated heterocycles. The van der Waals surface area contributed by atoms with E-state index in [4.69, 9.17) is 0 Å². The number of carbonyl (C=O) groups excluding carboxylic acids is 1. The van der Waals surface area contributed by atoms with Crippen LogP contribution in [0.15, 0.2) is 12.4 Å². The van der Waals surface area contributed by atoms with Gasteiger partial charge in [-0.05, 0) is 12.8 Å². The summed E-state index contributed by atoms with van der Waals surface area (Å²) in [5.41, 5.74) is 0.657. The first-order valence-corrected chi connectivity index (χ1v) is 7.48. The number of hydrogen-bond acceptors (Lipinski definition) is 6. The fraction of sp³-hybridized carbons (Fsp3) is 0.500. The highest BCUT2D eigenvalue weighted by atomic mass is 32.1. The Kier molecular flexibility index (Phi) is 3.84. The quantitative estimate of drug-likeness (QED) is 0.764. The normalized spacial score (nSPS) is 15.7. The van der Waals surface area contributed by atoms with Crippen molar-refractivity contribution in [1.82, 2.24) is 25.3 Å². The Hall–Kier alpha value is -2.00. The van der Waals surface area contributed by atoms with Gasteiger partial charge < -0.3 is 10.4 Å². The SMILES string of the molecule is Cn1cc([C@H](O)CNC(=O)Nc2nnc(C3CC3)s2)cn1. The molecule has 112 valence electrons. The summed E-state index contributed by atoms with van der Waals surface area (Å²) in [5, 5.41) is 28.5. The number of aliphatic hydroxyl groups is 1. The first-order chi connectivity index (χ1) is 10.1. The number of nitrogens with one attached hydrogen (secondary N) is 2. The first kappa shape index (κ1) is 14.0. The van der Waals surface area contributed by atoms with Gasteiger partial charge in [0.15, 0.2) is 0 Å². The number of rotatable bonds is 5. The summed E-state index contributed by atoms with van der Waals surface area (Å²) in [4.78, 5) is 11.7. The lowest BCUT2D eigenvalue weighted by Gasteiger charge is -2.09. The molecule has 0 aliphatic heterocycles. The number of carbonyl (C=O) groups is 1. The van der Waals surface area contributed by atoms with Crippen LogP contribution in [0.2, 0.25) is 0 Å². The van der Waals surface area contributed by atoms with Crippen LogP contribution in [0.1, 0.15) is 35.4 Å². The van der Waals surface area contributed by atoms with Crippen molar-refractivity contribution < 1.29 is 9.90 Å². The molecule has 1 fully saturated rings. The number of aryl methyl sites for hydroxylation is 1. The van der Waals surface area contributed by atoms with Gasteiger partial charge in [-0.1, -0.05) is 11.3 Å². The average Bonchev–Trinajstić information content (AvgIpc) is 3.06. The molecule has 1 aliphatic rings. The van der Waals surface area contributed by atoms with Crippen molar-refractivity contribution in [1.29, 1.82) is 0 Å². The summed E-state index contributed by atoms with van der Waals surface area (Å²) in [6.45, 7) is 0.103. The predicted molar refractivity (Wildman–Crippen MR) is 77.1 cm³/mol. The minimum atomic E-state index is -0.791. The number of nitrogens with zero attached hydrogens (tertiary/aromatic N) is 4. The molecular formula is C12H16N6O2S. The molecule has 9 heteroatoms. The van der Waals surface area contributed by atoms with E-state index in [1.807, 2.05) is 0 Å². The standard InChI is InChI=1S/C12H16N6O2S/c1-18-6-8(4-14-18)9(19)5-13-11(20)15-12-17-16-10(21-12)7-2-3-7/h4,6-7,9,19H,2-3,5H2,1H3,(H2,13,15,17,20)/t9-/m1/s1. The van der Waals surface area contributed by atoms with E-state index in [2.05, 4.69) is 25.9 Å². The van der Waals surface area contributed by atoms with Gasteiger partial charge in [0.05, 0.1) is 12.3 Å². The molecular weight excluding hydrogens is 292 g/mol. The van der Waals surface area contributed by atoms with Crippen LogP contribution >= 0.6 is 11.3 Å². The molecule has 0 unspecified atom stereocenters. The van der Waals surface area contributed by atoms with Crippen LogP contribution in [0.25, 0.3) is 0 Å². The van der Waals surface area contributed by atoms with Gasteiger partial charge in [-0.15, -0.1) is 10.2 Å². The van der Waals surface area contributed by atoms with E-state index in [0.717, 1.165) is 17.8 Å². The molecule has 0 radical (unpaired) electrons. The van der Waals surface area contributed by atoms with Crippen molar-refractivity contribution in [2.45, 2.75) is 24.9 Å². The van der Waals surface area contributed by atoms with Crippen molar-refractivity contribution in [3.05, 3.63) is 23.0 Å². The molecule has 0 aromatic carbocycles. The van der Waals surface area contributed by atoms with Gasteiger partial charge in [-0.2, -0.15) is 5.10 Å². The summed E-state index contributed by atoms with van der Waals surface area (Å²) in [6.07, 6.45) is 4.78. The highest BCUT2D eigenvalue weighted by molar-refractivity contribution is 7.15. The number of anilines is 1. The lowest BCUT2D eigenvalue weighted by Crippen LogP contribution is -2.32. The number of amides is 2. The van der Waals surface area contributed by atoms with Crippen LogP contribution in [0.3, 0.4) is 0 Å². The maximum atomic E-state index is 11.7.